The van der Waals surface area contributed by atoms with Gasteiger partial charge in [-0.25, -0.2) is 0 Å². The number of hydrogen-bond donors (Lipinski definition) is 1. The number of nitrogens with zero attached hydrogens (tertiary/aromatic N) is 1. The fourth-order valence-corrected chi connectivity index (χ4v) is 2.47. The van der Waals surface area contributed by atoms with E-state index in [1.54, 1.807) is 18.5 Å². The maximum atomic E-state index is 12.1. The largest absolute Gasteiger partial charge is 0.492 e. The van der Waals surface area contributed by atoms with Gasteiger partial charge < -0.3 is 10.1 Å². The Kier molecular flexibility index (Phi) is 5.33. The summed E-state index contributed by atoms with van der Waals surface area (Å²) in [6.45, 7) is 4.67. The summed E-state index contributed by atoms with van der Waals surface area (Å²) in [6.07, 6.45) is 7.29. The minimum absolute atomic E-state index is 0.166. The van der Waals surface area contributed by atoms with Crippen LogP contribution in [-0.2, 0) is 0 Å². The zero-order valence-corrected chi connectivity index (χ0v) is 11.5. The molecule has 0 spiro atoms. The summed E-state index contributed by atoms with van der Waals surface area (Å²) >= 11 is 0. The van der Waals surface area contributed by atoms with Crippen molar-refractivity contribution in [1.29, 1.82) is 0 Å². The summed E-state index contributed by atoms with van der Waals surface area (Å²) in [6, 6.07) is 1.79. The van der Waals surface area contributed by atoms with Crippen LogP contribution in [0.4, 0.5) is 0 Å². The standard InChI is InChI=1S/C15H22N2O2/c1-2-19-14-8-13(10-17-11-14)15(18)6-5-12-4-3-7-16-9-12/h8,10-12,16H,2-7,9H2,1H3. The van der Waals surface area contributed by atoms with Crippen LogP contribution in [0.15, 0.2) is 18.5 Å². The molecule has 2 rings (SSSR count). The Morgan fingerprint density at radius 3 is 3.16 bits per heavy atom. The average Bonchev–Trinajstić information content (AvgIpc) is 2.46. The van der Waals surface area contributed by atoms with Gasteiger partial charge in [-0.15, -0.1) is 0 Å². The van der Waals surface area contributed by atoms with E-state index in [4.69, 9.17) is 4.74 Å². The first-order valence-electron chi connectivity index (χ1n) is 7.11. The quantitative estimate of drug-likeness (QED) is 0.800. The number of rotatable bonds is 6. The van der Waals surface area contributed by atoms with E-state index in [-0.39, 0.29) is 5.78 Å². The fraction of sp³-hybridized carbons (Fsp3) is 0.600. The van der Waals surface area contributed by atoms with Crippen molar-refractivity contribution in [2.75, 3.05) is 19.7 Å². The van der Waals surface area contributed by atoms with Gasteiger partial charge in [0.1, 0.15) is 5.75 Å². The maximum absolute atomic E-state index is 12.1. The lowest BCUT2D eigenvalue weighted by Gasteiger charge is -2.22. The van der Waals surface area contributed by atoms with E-state index in [0.29, 0.717) is 30.3 Å². The molecule has 1 aromatic rings. The molecule has 19 heavy (non-hydrogen) atoms. The summed E-state index contributed by atoms with van der Waals surface area (Å²) in [5.41, 5.74) is 0.662. The monoisotopic (exact) mass is 262 g/mol. The van der Waals surface area contributed by atoms with Gasteiger partial charge in [0, 0.05) is 18.2 Å². The number of piperidine rings is 1. The lowest BCUT2D eigenvalue weighted by atomic mass is 9.93. The summed E-state index contributed by atoms with van der Waals surface area (Å²) in [7, 11) is 0. The van der Waals surface area contributed by atoms with E-state index in [0.717, 1.165) is 19.5 Å². The van der Waals surface area contributed by atoms with Crippen molar-refractivity contribution in [3.63, 3.8) is 0 Å². The first-order chi connectivity index (χ1) is 9.29. The highest BCUT2D eigenvalue weighted by atomic mass is 16.5. The second kappa shape index (κ2) is 7.24. The fourth-order valence-electron chi connectivity index (χ4n) is 2.47. The number of ketones is 1. The highest BCUT2D eigenvalue weighted by Crippen LogP contribution is 2.19. The van der Waals surface area contributed by atoms with Gasteiger partial charge in [-0.3, -0.25) is 9.78 Å². The number of hydrogen-bond acceptors (Lipinski definition) is 4. The number of carbonyl (C=O) groups is 1. The lowest BCUT2D eigenvalue weighted by molar-refractivity contribution is 0.0970. The predicted molar refractivity (Wildman–Crippen MR) is 74.6 cm³/mol. The number of nitrogens with one attached hydrogen (secondary N) is 1. The molecule has 1 unspecified atom stereocenters. The Hall–Kier alpha value is -1.42. The molecule has 1 fully saturated rings. The van der Waals surface area contributed by atoms with Gasteiger partial charge in [-0.2, -0.15) is 0 Å². The third kappa shape index (κ3) is 4.31. The number of Topliss-reactive ketones (excluding diaryl/α,β-unsaturated/α-hetero) is 1. The summed E-state index contributed by atoms with van der Waals surface area (Å²) in [5.74, 6) is 1.48. The van der Waals surface area contributed by atoms with Crippen molar-refractivity contribution in [2.24, 2.45) is 5.92 Å². The van der Waals surface area contributed by atoms with Gasteiger partial charge in [-0.05, 0) is 51.3 Å². The third-order valence-corrected chi connectivity index (χ3v) is 3.52. The predicted octanol–water partition coefficient (Wildman–Crippen LogP) is 2.44. The Morgan fingerprint density at radius 2 is 2.42 bits per heavy atom. The molecule has 0 aromatic carbocycles. The van der Waals surface area contributed by atoms with Crippen LogP contribution in [0.1, 0.15) is 43.0 Å². The van der Waals surface area contributed by atoms with E-state index < -0.39 is 0 Å². The zero-order valence-electron chi connectivity index (χ0n) is 11.5. The van der Waals surface area contributed by atoms with Crippen LogP contribution in [-0.4, -0.2) is 30.5 Å². The smallest absolute Gasteiger partial charge is 0.164 e. The van der Waals surface area contributed by atoms with Crippen LogP contribution < -0.4 is 10.1 Å². The van der Waals surface area contributed by atoms with Crippen LogP contribution in [0.5, 0.6) is 5.75 Å². The van der Waals surface area contributed by atoms with Crippen LogP contribution in [0.3, 0.4) is 0 Å². The molecule has 1 N–H and O–H groups in total. The Balaban J connectivity index is 1.86. The first kappa shape index (κ1) is 14.0. The van der Waals surface area contributed by atoms with Crippen LogP contribution in [0.2, 0.25) is 0 Å². The molecule has 4 nitrogen and oxygen atoms in total. The first-order valence-corrected chi connectivity index (χ1v) is 7.11. The van der Waals surface area contributed by atoms with Crippen molar-refractivity contribution in [3.8, 4) is 5.75 Å². The molecular formula is C15H22N2O2. The highest BCUT2D eigenvalue weighted by molar-refractivity contribution is 5.96. The summed E-state index contributed by atoms with van der Waals surface area (Å²) < 4.78 is 5.37. The molecule has 1 aliphatic rings. The molecule has 4 heteroatoms. The highest BCUT2D eigenvalue weighted by Gasteiger charge is 2.15. The van der Waals surface area contributed by atoms with Crippen LogP contribution in [0.25, 0.3) is 0 Å². The molecule has 1 atom stereocenters. The molecule has 2 heterocycles. The minimum atomic E-state index is 0.166. The molecule has 1 aromatic heterocycles. The average molecular weight is 262 g/mol. The number of aromatic nitrogens is 1. The van der Waals surface area contributed by atoms with Gasteiger partial charge in [0.2, 0.25) is 0 Å². The van der Waals surface area contributed by atoms with Crippen molar-refractivity contribution in [1.82, 2.24) is 10.3 Å². The third-order valence-electron chi connectivity index (χ3n) is 3.52. The summed E-state index contributed by atoms with van der Waals surface area (Å²) in [4.78, 5) is 16.2. The van der Waals surface area contributed by atoms with E-state index >= 15 is 0 Å². The normalized spacial score (nSPS) is 19.1. The van der Waals surface area contributed by atoms with Crippen molar-refractivity contribution in [2.45, 2.75) is 32.6 Å². The van der Waals surface area contributed by atoms with E-state index in [1.807, 2.05) is 6.92 Å². The molecule has 0 bridgehead atoms. The molecule has 104 valence electrons. The van der Waals surface area contributed by atoms with E-state index in [9.17, 15) is 4.79 Å². The van der Waals surface area contributed by atoms with Gasteiger partial charge in [-0.1, -0.05) is 0 Å². The van der Waals surface area contributed by atoms with Gasteiger partial charge >= 0.3 is 0 Å². The zero-order chi connectivity index (χ0) is 13.5. The molecule has 0 aliphatic carbocycles. The van der Waals surface area contributed by atoms with Crippen LogP contribution >= 0.6 is 0 Å². The topological polar surface area (TPSA) is 51.2 Å². The van der Waals surface area contributed by atoms with E-state index in [2.05, 4.69) is 10.3 Å². The number of ether oxygens (including phenoxy) is 1. The Morgan fingerprint density at radius 1 is 1.53 bits per heavy atom. The van der Waals surface area contributed by atoms with Crippen LogP contribution in [0, 0.1) is 5.92 Å². The molecule has 0 radical (unpaired) electrons. The van der Waals surface area contributed by atoms with E-state index in [1.165, 1.54) is 12.8 Å². The Labute approximate surface area is 114 Å². The minimum Gasteiger partial charge on any atom is -0.492 e. The van der Waals surface area contributed by atoms with Crippen molar-refractivity contribution < 1.29 is 9.53 Å². The molecule has 0 amide bonds. The second-order valence-electron chi connectivity index (χ2n) is 5.02. The SMILES string of the molecule is CCOc1cncc(C(=O)CCC2CCCNC2)c1. The number of carbonyl (C=O) groups excluding carboxylic acids is 1. The lowest BCUT2D eigenvalue weighted by Crippen LogP contribution is -2.30. The van der Waals surface area contributed by atoms with Gasteiger partial charge in [0.05, 0.1) is 12.8 Å². The van der Waals surface area contributed by atoms with Crippen molar-refractivity contribution in [3.05, 3.63) is 24.0 Å². The Bertz CT molecular complexity index is 414. The van der Waals surface area contributed by atoms with Crippen molar-refractivity contribution >= 4 is 5.78 Å². The summed E-state index contributed by atoms with van der Waals surface area (Å²) in [5, 5.41) is 3.38. The van der Waals surface area contributed by atoms with Gasteiger partial charge in [0.25, 0.3) is 0 Å². The second-order valence-corrected chi connectivity index (χ2v) is 5.02. The molecule has 1 saturated heterocycles. The molecule has 1 aliphatic heterocycles. The molecule has 0 saturated carbocycles. The number of pyridine rings is 1. The maximum Gasteiger partial charge on any atom is 0.164 e. The van der Waals surface area contributed by atoms with Gasteiger partial charge in [0.15, 0.2) is 5.78 Å². The molecular weight excluding hydrogens is 240 g/mol.